The van der Waals surface area contributed by atoms with Crippen molar-refractivity contribution in [2.24, 2.45) is 0 Å². The van der Waals surface area contributed by atoms with Crippen LogP contribution in [0.5, 0.6) is 0 Å². The molecule has 0 saturated carbocycles. The van der Waals surface area contributed by atoms with Gasteiger partial charge >= 0.3 is 73.0 Å². The number of hydrogen-bond donors (Lipinski definition) is 12. The molecule has 3 aromatic rings. The Bertz CT molecular complexity index is 3620. The van der Waals surface area contributed by atoms with Crippen molar-refractivity contribution in [3.05, 3.63) is 99.3 Å². The molecule has 0 amide bonds. The van der Waals surface area contributed by atoms with Gasteiger partial charge in [0.25, 0.3) is 16.7 Å². The Kier molecular flexibility index (Phi) is 34.3. The predicted octanol–water partition coefficient (Wildman–Crippen LogP) is -1.48. The lowest BCUT2D eigenvalue weighted by atomic mass is 9.96. The first-order valence-corrected chi connectivity index (χ1v) is 41.2. The van der Waals surface area contributed by atoms with Crippen LogP contribution in [0.3, 0.4) is 0 Å². The molecule has 42 nitrogen and oxygen atoms in total. The molecule has 0 spiro atoms. The minimum Gasteiger partial charge on any atom is -0.468 e. The molecule has 3 saturated heterocycles. The Morgan fingerprint density at radius 1 is 0.457 bits per heavy atom. The summed E-state index contributed by atoms with van der Waals surface area (Å²) in [5.41, 5.74) is -10.6. The van der Waals surface area contributed by atoms with Gasteiger partial charge in [-0.15, -0.1) is 0 Å². The Hall–Kier alpha value is -6.00. The number of nitrogens with zero attached hydrogens (tertiary/aromatic N) is 3. The van der Waals surface area contributed by atoms with Crippen LogP contribution in [0.1, 0.15) is 102 Å². The summed E-state index contributed by atoms with van der Waals surface area (Å²) in [6.07, 6.45) is -10.9. The molecule has 6 heterocycles. The first-order valence-electron chi connectivity index (χ1n) is 31.5. The predicted molar refractivity (Wildman–Crippen MR) is 371 cm³/mol. The zero-order chi connectivity index (χ0) is 79.7. The number of hydrogen-bond acceptors (Lipinski definition) is 36. The van der Waals surface area contributed by atoms with Gasteiger partial charge in [-0.2, -0.15) is 0 Å². The maximum Gasteiger partial charge on any atom is 0.330 e. The number of aliphatic hydroxyl groups excluding tert-OH is 3. The summed E-state index contributed by atoms with van der Waals surface area (Å²) >= 11 is 1.66. The molecule has 0 radical (unpaired) electrons. The van der Waals surface area contributed by atoms with Gasteiger partial charge in [-0.1, -0.05) is 0 Å². The second-order valence-corrected chi connectivity index (χ2v) is 37.4. The Balaban J connectivity index is 0.000000333. The molecule has 3 aromatic heterocycles. The van der Waals surface area contributed by atoms with Crippen molar-refractivity contribution < 1.29 is 129 Å². The number of rotatable bonds is 33. The van der Waals surface area contributed by atoms with Gasteiger partial charge in [0, 0.05) is 36.8 Å². The monoisotopic (exact) mass is 1620 g/mol. The normalized spacial score (nSPS) is 26.8. The van der Waals surface area contributed by atoms with Crippen LogP contribution in [-0.2, 0) is 98.7 Å². The molecule has 3 fully saturated rings. The number of carbonyl (C=O) groups is 6. The van der Waals surface area contributed by atoms with Gasteiger partial charge in [0.15, 0.2) is 18.7 Å². The molecular weight excluding hydrogens is 1530 g/mol. The van der Waals surface area contributed by atoms with Gasteiger partial charge in [0.1, 0.15) is 88.8 Å². The van der Waals surface area contributed by atoms with E-state index in [0.29, 0.717) is 34.1 Å². The fourth-order valence-electron chi connectivity index (χ4n) is 9.28. The standard InChI is InChI=1S/3C19H30N3O11PS/c3*1-10(2)32-16(26)11(3)21-34(29,35-9-14(24)30-5)31-8-12-15(25)19(4,28)17(33-12)22-7-6-13(23)20-18(22)27/h3*6-7,10-12,15,17,25,28H,8-9H2,1-5H3,(H,21,29)(H,20,23,27)/t11?,12-,15-,17-,19-,34?;11-,12-,15-,17-,19-,34?;11-,12-,15-,17-,19-,34+/m111/s1. The molecule has 3 unspecified atom stereocenters. The fourth-order valence-corrected chi connectivity index (χ4v) is 19.7. The minimum absolute atomic E-state index is 0.381. The van der Waals surface area contributed by atoms with Crippen LogP contribution >= 0.6 is 54.3 Å². The van der Waals surface area contributed by atoms with Crippen LogP contribution in [-0.4, -0.2) is 243 Å². The van der Waals surface area contributed by atoms with E-state index in [-0.39, 0.29) is 17.3 Å². The second-order valence-electron chi connectivity index (χ2n) is 24.6. The van der Waals surface area contributed by atoms with Crippen molar-refractivity contribution in [3.63, 3.8) is 0 Å². The SMILES string of the molecule is COC(=O)CSP(=O)(NC(C)C(=O)OC(C)C)OC[C@H]1O[C@@H](n2ccc(=O)[nH]c2=O)[C@](C)(O)[C@@H]1O.COC(=O)CSP(=O)(N[C@H](C)C(=O)OC(C)C)OC[C@H]1O[C@@H](n2ccc(=O)[nH]c2=O)[C@](C)(O)[C@@H]1O.COC(=O)CS[P@](=O)(N[C@H](C)C(=O)OC(C)C)OC[C@H]1O[C@@H](n2ccc(=O)[nH]c2=O)[C@](C)(O)[C@@H]1O. The second kappa shape index (κ2) is 39.4. The van der Waals surface area contributed by atoms with Crippen molar-refractivity contribution in [1.29, 1.82) is 0 Å². The zero-order valence-electron chi connectivity index (χ0n) is 59.5. The summed E-state index contributed by atoms with van der Waals surface area (Å²) in [5, 5.41) is 71.7. The van der Waals surface area contributed by atoms with E-state index >= 15 is 0 Å². The summed E-state index contributed by atoms with van der Waals surface area (Å²) in [5.74, 6) is -5.36. The molecule has 0 bridgehead atoms. The third-order valence-electron chi connectivity index (χ3n) is 14.7. The molecule has 3 aliphatic rings. The maximum absolute atomic E-state index is 13.4. The molecular formula is C57H90N9O33P3S3. The third kappa shape index (κ3) is 26.1. The Morgan fingerprint density at radius 2 is 0.676 bits per heavy atom. The van der Waals surface area contributed by atoms with Crippen LogP contribution in [0.2, 0.25) is 0 Å². The van der Waals surface area contributed by atoms with Crippen LogP contribution in [0.25, 0.3) is 0 Å². The Morgan fingerprint density at radius 3 is 0.867 bits per heavy atom. The summed E-state index contributed by atoms with van der Waals surface area (Å²) in [7, 11) is 3.44. The lowest BCUT2D eigenvalue weighted by Gasteiger charge is -2.27. The highest BCUT2D eigenvalue weighted by atomic mass is 32.7. The number of nitrogens with one attached hydrogen (secondary N) is 6. The van der Waals surface area contributed by atoms with Crippen molar-refractivity contribution >= 4 is 90.1 Å². The van der Waals surface area contributed by atoms with Crippen molar-refractivity contribution in [3.8, 4) is 0 Å². The minimum atomic E-state index is -3.99. The van der Waals surface area contributed by atoms with E-state index in [4.69, 9.17) is 42.0 Å². The van der Waals surface area contributed by atoms with Gasteiger partial charge < -0.3 is 86.8 Å². The van der Waals surface area contributed by atoms with E-state index in [9.17, 15) is 102 Å². The van der Waals surface area contributed by atoms with E-state index in [1.54, 1.807) is 41.5 Å². The van der Waals surface area contributed by atoms with E-state index < -0.39 is 218 Å². The van der Waals surface area contributed by atoms with Crippen molar-refractivity contribution in [1.82, 2.24) is 43.9 Å². The summed E-state index contributed by atoms with van der Waals surface area (Å²) in [6.45, 7) is 4.01. The zero-order valence-corrected chi connectivity index (χ0v) is 64.6. The van der Waals surface area contributed by atoms with Crippen LogP contribution in [0.4, 0.5) is 0 Å². The van der Waals surface area contributed by atoms with Gasteiger partial charge in [-0.3, -0.25) is 85.5 Å². The van der Waals surface area contributed by atoms with Crippen molar-refractivity contribution in [2.45, 2.75) is 192 Å². The van der Waals surface area contributed by atoms with Gasteiger partial charge in [-0.25, -0.2) is 29.6 Å². The number of aromatic nitrogens is 6. The number of H-pyrrole nitrogens is 3. The Labute approximate surface area is 610 Å². The fraction of sp³-hybridized carbons (Fsp3) is 0.684. The van der Waals surface area contributed by atoms with Crippen LogP contribution in [0.15, 0.2) is 65.6 Å². The largest absolute Gasteiger partial charge is 0.468 e. The smallest absolute Gasteiger partial charge is 0.330 e. The number of carbonyl (C=O) groups excluding carboxylic acids is 6. The highest BCUT2D eigenvalue weighted by Gasteiger charge is 2.57. The number of aromatic amines is 3. The lowest BCUT2D eigenvalue weighted by molar-refractivity contribution is -0.149. The van der Waals surface area contributed by atoms with E-state index in [2.05, 4.69) is 29.5 Å². The number of ether oxygens (including phenoxy) is 9. The molecule has 18 atom stereocenters. The van der Waals surface area contributed by atoms with E-state index in [1.807, 2.05) is 15.0 Å². The van der Waals surface area contributed by atoms with E-state index in [1.165, 1.54) is 41.5 Å². The van der Waals surface area contributed by atoms with Crippen LogP contribution < -0.4 is 49.0 Å². The maximum atomic E-state index is 13.4. The third-order valence-corrected chi connectivity index (χ3v) is 26.5. The topological polar surface area (TPSA) is 586 Å². The number of esters is 6. The van der Waals surface area contributed by atoms with Gasteiger partial charge in [0.2, 0.25) is 0 Å². The van der Waals surface area contributed by atoms with Gasteiger partial charge in [-0.05, 0) is 117 Å². The molecule has 594 valence electrons. The molecule has 0 aromatic carbocycles. The quantitative estimate of drug-likeness (QED) is 0.0188. The molecule has 0 aliphatic carbocycles. The van der Waals surface area contributed by atoms with E-state index in [0.717, 1.165) is 71.8 Å². The highest BCUT2D eigenvalue weighted by Crippen LogP contribution is 2.59. The molecule has 3 aliphatic heterocycles. The first-order chi connectivity index (χ1) is 48.6. The lowest BCUT2D eigenvalue weighted by Crippen LogP contribution is -2.47. The molecule has 6 rings (SSSR count). The molecule has 105 heavy (non-hydrogen) atoms. The average Bonchev–Trinajstić information content (AvgIpc) is 1.63. The molecule has 48 heteroatoms. The number of aliphatic hydroxyl groups is 6. The summed E-state index contributed by atoms with van der Waals surface area (Å²) in [6, 6.07) is -0.141. The first kappa shape index (κ1) is 91.4. The summed E-state index contributed by atoms with van der Waals surface area (Å²) in [4.78, 5) is 148. The highest BCUT2D eigenvalue weighted by molar-refractivity contribution is 8.56. The average molecular weight is 1620 g/mol. The van der Waals surface area contributed by atoms with Crippen molar-refractivity contribution in [2.75, 3.05) is 58.4 Å². The van der Waals surface area contributed by atoms with Gasteiger partial charge in [0.05, 0.1) is 59.5 Å². The summed E-state index contributed by atoms with van der Waals surface area (Å²) < 4.78 is 105. The number of methoxy groups -OCH3 is 3. The van der Waals surface area contributed by atoms with Crippen LogP contribution in [0, 0.1) is 0 Å². The molecule has 12 N–H and O–H groups in total.